The molecule has 1 atom stereocenters. The van der Waals surface area contributed by atoms with E-state index in [1.165, 1.54) is 6.42 Å². The zero-order valence-corrected chi connectivity index (χ0v) is 7.34. The molecule has 0 bridgehead atoms. The zero-order valence-electron chi connectivity index (χ0n) is 7.34. The average Bonchev–Trinajstić information content (AvgIpc) is 1.96. The van der Waals surface area contributed by atoms with Gasteiger partial charge in [-0.2, -0.15) is 0 Å². The Morgan fingerprint density at radius 2 is 2.18 bits per heavy atom. The topological polar surface area (TPSA) is 46.2 Å². The van der Waals surface area contributed by atoms with Crippen molar-refractivity contribution in [3.8, 4) is 0 Å². The van der Waals surface area contributed by atoms with Crippen molar-refractivity contribution >= 4 is 0 Å². The third kappa shape index (κ3) is 1.74. The minimum Gasteiger partial charge on any atom is -0.390 e. The maximum Gasteiger partial charge on any atom is 0.0687 e. The van der Waals surface area contributed by atoms with Gasteiger partial charge in [0.25, 0.3) is 0 Å². The van der Waals surface area contributed by atoms with Gasteiger partial charge in [0.2, 0.25) is 0 Å². The van der Waals surface area contributed by atoms with E-state index in [0.717, 1.165) is 25.7 Å². The van der Waals surface area contributed by atoms with E-state index >= 15 is 0 Å². The molecule has 0 aromatic heterocycles. The molecule has 1 saturated carbocycles. The van der Waals surface area contributed by atoms with E-state index in [0.29, 0.717) is 12.5 Å². The monoisotopic (exact) mass is 157 g/mol. The lowest BCUT2D eigenvalue weighted by atomic mass is 9.70. The van der Waals surface area contributed by atoms with Gasteiger partial charge in [-0.05, 0) is 38.1 Å². The largest absolute Gasteiger partial charge is 0.390 e. The minimum atomic E-state index is -0.384. The fourth-order valence-corrected chi connectivity index (χ4v) is 1.90. The van der Waals surface area contributed by atoms with E-state index in [4.69, 9.17) is 5.73 Å². The Morgan fingerprint density at radius 1 is 1.55 bits per heavy atom. The Morgan fingerprint density at radius 3 is 2.45 bits per heavy atom. The summed E-state index contributed by atoms with van der Waals surface area (Å²) in [5.74, 6) is 0.348. The molecule has 0 aromatic carbocycles. The van der Waals surface area contributed by atoms with Crippen LogP contribution in [0.25, 0.3) is 0 Å². The van der Waals surface area contributed by atoms with E-state index in [1.807, 2.05) is 0 Å². The first kappa shape index (κ1) is 9.01. The van der Waals surface area contributed by atoms with Crippen LogP contribution in [0.1, 0.15) is 39.0 Å². The molecule has 0 radical (unpaired) electrons. The summed E-state index contributed by atoms with van der Waals surface area (Å²) in [5.41, 5.74) is 5.21. The summed E-state index contributed by atoms with van der Waals surface area (Å²) < 4.78 is 0. The molecule has 1 aliphatic rings. The molecule has 0 aromatic rings. The normalized spacial score (nSPS) is 24.3. The van der Waals surface area contributed by atoms with Gasteiger partial charge in [0, 0.05) is 0 Å². The van der Waals surface area contributed by atoms with Crippen LogP contribution in [0.5, 0.6) is 0 Å². The summed E-state index contributed by atoms with van der Waals surface area (Å²) in [5, 5.41) is 9.92. The first-order chi connectivity index (χ1) is 5.23. The van der Waals surface area contributed by atoms with Crippen LogP contribution in [0.15, 0.2) is 0 Å². The highest BCUT2D eigenvalue weighted by molar-refractivity contribution is 4.93. The quantitative estimate of drug-likeness (QED) is 0.645. The van der Waals surface area contributed by atoms with Gasteiger partial charge in [0.05, 0.1) is 5.60 Å². The Balaban J connectivity index is 2.39. The summed E-state index contributed by atoms with van der Waals surface area (Å²) in [6.45, 7) is 2.79. The lowest BCUT2D eigenvalue weighted by Gasteiger charge is -2.43. The minimum absolute atomic E-state index is 0.348. The molecule has 66 valence electrons. The van der Waals surface area contributed by atoms with Crippen LogP contribution in [0.3, 0.4) is 0 Å². The first-order valence-corrected chi connectivity index (χ1v) is 4.65. The third-order valence-corrected chi connectivity index (χ3v) is 2.90. The van der Waals surface area contributed by atoms with Gasteiger partial charge in [-0.1, -0.05) is 13.3 Å². The molecule has 1 fully saturated rings. The Hall–Kier alpha value is -0.0800. The number of aliphatic hydroxyl groups is 1. The van der Waals surface area contributed by atoms with Crippen molar-refractivity contribution in [1.29, 1.82) is 0 Å². The van der Waals surface area contributed by atoms with Crippen molar-refractivity contribution in [2.75, 3.05) is 6.54 Å². The molecule has 0 aliphatic heterocycles. The van der Waals surface area contributed by atoms with Crippen LogP contribution in [0.2, 0.25) is 0 Å². The third-order valence-electron chi connectivity index (χ3n) is 2.90. The fourth-order valence-electron chi connectivity index (χ4n) is 1.90. The van der Waals surface area contributed by atoms with Crippen LogP contribution in [0.4, 0.5) is 0 Å². The number of rotatable bonds is 4. The van der Waals surface area contributed by atoms with Crippen molar-refractivity contribution in [2.24, 2.45) is 11.7 Å². The summed E-state index contributed by atoms with van der Waals surface area (Å²) in [6, 6.07) is 0. The Bertz CT molecular complexity index is 121. The molecule has 0 saturated heterocycles. The molecule has 0 amide bonds. The molecular formula is C9H19NO. The highest BCUT2D eigenvalue weighted by Crippen LogP contribution is 2.39. The SMILES string of the molecule is CCCC(CN)C1(O)CCC1. The second-order valence-electron chi connectivity index (χ2n) is 3.68. The van der Waals surface area contributed by atoms with Crippen LogP contribution >= 0.6 is 0 Å². The van der Waals surface area contributed by atoms with Crippen molar-refractivity contribution in [1.82, 2.24) is 0 Å². The maximum absolute atomic E-state index is 9.92. The zero-order chi connectivity index (χ0) is 8.32. The summed E-state index contributed by atoms with van der Waals surface area (Å²) in [7, 11) is 0. The van der Waals surface area contributed by atoms with Crippen LogP contribution < -0.4 is 5.73 Å². The average molecular weight is 157 g/mol. The van der Waals surface area contributed by atoms with E-state index < -0.39 is 0 Å². The van der Waals surface area contributed by atoms with Gasteiger partial charge in [0.15, 0.2) is 0 Å². The Kier molecular flexibility index (Phi) is 2.90. The highest BCUT2D eigenvalue weighted by Gasteiger charge is 2.40. The maximum atomic E-state index is 9.92. The van der Waals surface area contributed by atoms with Gasteiger partial charge in [-0.25, -0.2) is 0 Å². The predicted octanol–water partition coefficient (Wildman–Crippen LogP) is 1.28. The molecule has 2 nitrogen and oxygen atoms in total. The fraction of sp³-hybridized carbons (Fsp3) is 1.00. The molecule has 1 unspecified atom stereocenters. The molecule has 3 N–H and O–H groups in total. The van der Waals surface area contributed by atoms with E-state index in [9.17, 15) is 5.11 Å². The van der Waals surface area contributed by atoms with E-state index in [-0.39, 0.29) is 5.60 Å². The van der Waals surface area contributed by atoms with Crippen molar-refractivity contribution in [3.05, 3.63) is 0 Å². The molecule has 1 aliphatic carbocycles. The lowest BCUT2D eigenvalue weighted by molar-refractivity contribution is -0.0830. The second-order valence-corrected chi connectivity index (χ2v) is 3.68. The Labute approximate surface area is 68.8 Å². The van der Waals surface area contributed by atoms with Crippen molar-refractivity contribution in [3.63, 3.8) is 0 Å². The predicted molar refractivity (Wildman–Crippen MR) is 46.3 cm³/mol. The van der Waals surface area contributed by atoms with E-state index in [2.05, 4.69) is 6.92 Å². The van der Waals surface area contributed by atoms with Crippen LogP contribution in [-0.4, -0.2) is 17.3 Å². The molecular weight excluding hydrogens is 138 g/mol. The van der Waals surface area contributed by atoms with Crippen molar-refractivity contribution in [2.45, 2.75) is 44.6 Å². The van der Waals surface area contributed by atoms with Crippen molar-refractivity contribution < 1.29 is 5.11 Å². The van der Waals surface area contributed by atoms with Gasteiger partial charge >= 0.3 is 0 Å². The highest BCUT2D eigenvalue weighted by atomic mass is 16.3. The summed E-state index contributed by atoms with van der Waals surface area (Å²) in [6.07, 6.45) is 5.32. The van der Waals surface area contributed by atoms with Gasteiger partial charge in [-0.3, -0.25) is 0 Å². The lowest BCUT2D eigenvalue weighted by Crippen LogP contribution is -2.47. The number of hydrogen-bond donors (Lipinski definition) is 2. The standard InChI is InChI=1S/C9H19NO/c1-2-4-8(7-10)9(11)5-3-6-9/h8,11H,2-7,10H2,1H3. The molecule has 2 heteroatoms. The van der Waals surface area contributed by atoms with Gasteiger partial charge < -0.3 is 10.8 Å². The molecule has 1 rings (SSSR count). The van der Waals surface area contributed by atoms with Gasteiger partial charge in [-0.15, -0.1) is 0 Å². The smallest absolute Gasteiger partial charge is 0.0687 e. The van der Waals surface area contributed by atoms with E-state index in [1.54, 1.807) is 0 Å². The molecule has 11 heavy (non-hydrogen) atoms. The van der Waals surface area contributed by atoms with Gasteiger partial charge in [0.1, 0.15) is 0 Å². The second kappa shape index (κ2) is 3.55. The van der Waals surface area contributed by atoms with Crippen LogP contribution in [0, 0.1) is 5.92 Å². The summed E-state index contributed by atoms with van der Waals surface area (Å²) in [4.78, 5) is 0. The number of hydrogen-bond acceptors (Lipinski definition) is 2. The first-order valence-electron chi connectivity index (χ1n) is 4.65. The summed E-state index contributed by atoms with van der Waals surface area (Å²) >= 11 is 0. The number of nitrogens with two attached hydrogens (primary N) is 1. The molecule has 0 spiro atoms. The van der Waals surface area contributed by atoms with Crippen LogP contribution in [-0.2, 0) is 0 Å². The molecule has 0 heterocycles.